The molecule has 2 aromatic carbocycles. The van der Waals surface area contributed by atoms with Crippen LogP contribution >= 0.6 is 15.9 Å². The summed E-state index contributed by atoms with van der Waals surface area (Å²) in [5.41, 5.74) is 0.743. The standard InChI is InChI=1S/C24H18BrNO4/c25-13-4-6-15(7-5-13)30-24(29)12-2-1-3-14(10-12)26-22(27)20-16-8-9-17(19-11-18(16)19)21(20)23(26)28/h1-10,16-21H,11H2/t16-,17-,18-,19+,20-,21+/m0/s1. The van der Waals surface area contributed by atoms with Crippen molar-refractivity contribution in [1.29, 1.82) is 0 Å². The fourth-order valence-electron chi connectivity index (χ4n) is 5.65. The minimum Gasteiger partial charge on any atom is -0.423 e. The van der Waals surface area contributed by atoms with Crippen LogP contribution < -0.4 is 9.64 Å². The lowest BCUT2D eigenvalue weighted by molar-refractivity contribution is -0.124. The van der Waals surface area contributed by atoms with E-state index in [1.165, 1.54) is 4.90 Å². The number of halogens is 1. The maximum absolute atomic E-state index is 13.3. The van der Waals surface area contributed by atoms with Crippen LogP contribution in [0.4, 0.5) is 5.69 Å². The summed E-state index contributed by atoms with van der Waals surface area (Å²) in [7, 11) is 0. The van der Waals surface area contributed by atoms with E-state index in [1.54, 1.807) is 48.5 Å². The molecular weight excluding hydrogens is 446 g/mol. The average molecular weight is 464 g/mol. The van der Waals surface area contributed by atoms with E-state index in [0.717, 1.165) is 10.9 Å². The van der Waals surface area contributed by atoms with Gasteiger partial charge in [0.15, 0.2) is 0 Å². The Labute approximate surface area is 181 Å². The van der Waals surface area contributed by atoms with Gasteiger partial charge in [-0.15, -0.1) is 0 Å². The van der Waals surface area contributed by atoms with Gasteiger partial charge in [-0.3, -0.25) is 9.59 Å². The molecule has 0 N–H and O–H groups in total. The Morgan fingerprint density at radius 3 is 2.20 bits per heavy atom. The van der Waals surface area contributed by atoms with Crippen LogP contribution in [-0.4, -0.2) is 17.8 Å². The van der Waals surface area contributed by atoms with Crippen molar-refractivity contribution in [1.82, 2.24) is 0 Å². The summed E-state index contributed by atoms with van der Waals surface area (Å²) in [5, 5.41) is 0. The molecule has 5 aliphatic rings. The Hall–Kier alpha value is -2.73. The van der Waals surface area contributed by atoms with Gasteiger partial charge in [0.1, 0.15) is 5.75 Å². The van der Waals surface area contributed by atoms with Gasteiger partial charge in [0.05, 0.1) is 23.1 Å². The predicted octanol–water partition coefficient (Wildman–Crippen LogP) is 4.23. The van der Waals surface area contributed by atoms with Crippen molar-refractivity contribution < 1.29 is 19.1 Å². The van der Waals surface area contributed by atoms with Gasteiger partial charge in [-0.25, -0.2) is 9.69 Å². The molecular formula is C24H18BrNO4. The molecule has 3 fully saturated rings. The third-order valence-electron chi connectivity index (χ3n) is 7.03. The molecule has 0 unspecified atom stereocenters. The summed E-state index contributed by atoms with van der Waals surface area (Å²) in [5.74, 6) is 0.600. The number of imide groups is 1. The van der Waals surface area contributed by atoms with Gasteiger partial charge in [-0.05, 0) is 72.6 Å². The smallest absolute Gasteiger partial charge is 0.343 e. The van der Waals surface area contributed by atoms with Crippen molar-refractivity contribution in [3.05, 3.63) is 70.7 Å². The zero-order chi connectivity index (χ0) is 20.6. The summed E-state index contributed by atoms with van der Waals surface area (Å²) in [6, 6.07) is 13.5. The van der Waals surface area contributed by atoms with Gasteiger partial charge in [-0.2, -0.15) is 0 Å². The molecule has 1 heterocycles. The fraction of sp³-hybridized carbons (Fsp3) is 0.292. The highest BCUT2D eigenvalue weighted by Crippen LogP contribution is 2.65. The van der Waals surface area contributed by atoms with Crippen LogP contribution in [0.5, 0.6) is 5.75 Å². The lowest BCUT2D eigenvalue weighted by Crippen LogP contribution is -2.40. The maximum Gasteiger partial charge on any atom is 0.343 e. The van der Waals surface area contributed by atoms with Crippen molar-refractivity contribution >= 4 is 39.4 Å². The summed E-state index contributed by atoms with van der Waals surface area (Å²) >= 11 is 3.35. The molecule has 2 saturated carbocycles. The molecule has 2 bridgehead atoms. The van der Waals surface area contributed by atoms with Crippen LogP contribution in [0.25, 0.3) is 0 Å². The molecule has 6 heteroatoms. The number of hydrogen-bond acceptors (Lipinski definition) is 4. The molecule has 6 atom stereocenters. The van der Waals surface area contributed by atoms with Gasteiger partial charge < -0.3 is 4.74 Å². The van der Waals surface area contributed by atoms with Crippen molar-refractivity contribution in [2.45, 2.75) is 6.42 Å². The number of carbonyl (C=O) groups is 3. The van der Waals surface area contributed by atoms with Crippen molar-refractivity contribution in [3.63, 3.8) is 0 Å². The van der Waals surface area contributed by atoms with E-state index in [9.17, 15) is 14.4 Å². The summed E-state index contributed by atoms with van der Waals surface area (Å²) in [4.78, 5) is 40.4. The molecule has 0 aromatic heterocycles. The van der Waals surface area contributed by atoms with Crippen LogP contribution in [0.15, 0.2) is 65.2 Å². The van der Waals surface area contributed by atoms with Crippen molar-refractivity contribution in [3.8, 4) is 5.75 Å². The number of allylic oxidation sites excluding steroid dienone is 2. The van der Waals surface area contributed by atoms with Crippen LogP contribution in [0.3, 0.4) is 0 Å². The second-order valence-electron chi connectivity index (χ2n) is 8.56. The third-order valence-corrected chi connectivity index (χ3v) is 7.56. The van der Waals surface area contributed by atoms with E-state index >= 15 is 0 Å². The summed E-state index contributed by atoms with van der Waals surface area (Å²) < 4.78 is 6.31. The lowest BCUT2D eigenvalue weighted by Gasteiger charge is -2.37. The number of carbonyl (C=O) groups excluding carboxylic acids is 3. The third kappa shape index (κ3) is 2.56. The summed E-state index contributed by atoms with van der Waals surface area (Å²) in [6.45, 7) is 0. The number of nitrogens with zero attached hydrogens (tertiary/aromatic N) is 1. The minimum atomic E-state index is -0.529. The lowest BCUT2D eigenvalue weighted by atomic mass is 9.63. The minimum absolute atomic E-state index is 0.131. The largest absolute Gasteiger partial charge is 0.423 e. The normalized spacial score (nSPS) is 32.8. The Morgan fingerprint density at radius 2 is 1.57 bits per heavy atom. The quantitative estimate of drug-likeness (QED) is 0.295. The molecule has 30 heavy (non-hydrogen) atoms. The predicted molar refractivity (Wildman–Crippen MR) is 113 cm³/mol. The van der Waals surface area contributed by atoms with E-state index in [0.29, 0.717) is 28.8 Å². The van der Waals surface area contributed by atoms with Crippen molar-refractivity contribution in [2.75, 3.05) is 4.90 Å². The van der Waals surface area contributed by atoms with Crippen molar-refractivity contribution in [2.24, 2.45) is 35.5 Å². The van der Waals surface area contributed by atoms with E-state index < -0.39 is 5.97 Å². The number of ether oxygens (including phenoxy) is 1. The zero-order valence-corrected chi connectivity index (χ0v) is 17.5. The topological polar surface area (TPSA) is 63.7 Å². The zero-order valence-electron chi connectivity index (χ0n) is 15.9. The van der Waals surface area contributed by atoms with Gasteiger partial charge in [0.25, 0.3) is 0 Å². The van der Waals surface area contributed by atoms with E-state index in [1.807, 2.05) is 0 Å². The van der Waals surface area contributed by atoms with E-state index in [2.05, 4.69) is 28.1 Å². The first-order valence-electron chi connectivity index (χ1n) is 10.2. The van der Waals surface area contributed by atoms with Gasteiger partial charge in [0.2, 0.25) is 11.8 Å². The molecule has 1 saturated heterocycles. The number of benzene rings is 2. The number of amides is 2. The Kier molecular flexibility index (Phi) is 3.84. The highest BCUT2D eigenvalue weighted by Gasteiger charge is 2.67. The molecule has 4 aliphatic carbocycles. The second-order valence-corrected chi connectivity index (χ2v) is 9.48. The fourth-order valence-corrected chi connectivity index (χ4v) is 5.92. The molecule has 2 amide bonds. The number of esters is 1. The number of hydrogen-bond donors (Lipinski definition) is 0. The van der Waals surface area contributed by atoms with Crippen LogP contribution in [0, 0.1) is 35.5 Å². The first-order chi connectivity index (χ1) is 14.5. The Balaban J connectivity index is 1.28. The molecule has 150 valence electrons. The molecule has 0 radical (unpaired) electrons. The van der Waals surface area contributed by atoms with Gasteiger partial charge >= 0.3 is 5.97 Å². The molecule has 0 spiro atoms. The Morgan fingerprint density at radius 1 is 0.933 bits per heavy atom. The molecule has 7 rings (SSSR count). The molecule has 5 nitrogen and oxygen atoms in total. The van der Waals surface area contributed by atoms with E-state index in [-0.39, 0.29) is 35.5 Å². The van der Waals surface area contributed by atoms with E-state index in [4.69, 9.17) is 4.74 Å². The van der Waals surface area contributed by atoms with Crippen LogP contribution in [0.2, 0.25) is 0 Å². The summed E-state index contributed by atoms with van der Waals surface area (Å²) in [6.07, 6.45) is 5.44. The first kappa shape index (κ1) is 18.1. The number of rotatable bonds is 3. The maximum atomic E-state index is 13.3. The second kappa shape index (κ2) is 6.38. The Bertz CT molecular complexity index is 1090. The molecule has 2 aromatic rings. The van der Waals surface area contributed by atoms with Crippen LogP contribution in [0.1, 0.15) is 16.8 Å². The van der Waals surface area contributed by atoms with Crippen LogP contribution in [-0.2, 0) is 9.59 Å². The number of anilines is 1. The highest BCUT2D eigenvalue weighted by molar-refractivity contribution is 9.10. The monoisotopic (exact) mass is 463 g/mol. The van der Waals surface area contributed by atoms with Gasteiger partial charge in [0, 0.05) is 4.47 Å². The SMILES string of the molecule is O=C(Oc1ccc(Br)cc1)c1cccc(N2C(=O)[C@@H]3[C@H]4C=C[C@@H]([C@@H]5C[C@H]45)[C@@H]3C2=O)c1. The average Bonchev–Trinajstić information content (AvgIpc) is 3.53. The first-order valence-corrected chi connectivity index (χ1v) is 11.0. The highest BCUT2D eigenvalue weighted by atomic mass is 79.9. The molecule has 1 aliphatic heterocycles. The van der Waals surface area contributed by atoms with Gasteiger partial charge in [-0.1, -0.05) is 34.1 Å².